The normalized spacial score (nSPS) is 17.1. The zero-order valence-corrected chi connectivity index (χ0v) is 12.9. The van der Waals surface area contributed by atoms with Crippen molar-refractivity contribution in [3.63, 3.8) is 0 Å². The summed E-state index contributed by atoms with van der Waals surface area (Å²) >= 11 is 0. The van der Waals surface area contributed by atoms with Gasteiger partial charge in [0.05, 0.1) is 0 Å². The number of pyridine rings is 1. The van der Waals surface area contributed by atoms with E-state index < -0.39 is 0 Å². The molecule has 1 aromatic carbocycles. The zero-order valence-electron chi connectivity index (χ0n) is 12.9. The Morgan fingerprint density at radius 3 is 2.76 bits per heavy atom. The minimum absolute atomic E-state index is 0.0881. The van der Waals surface area contributed by atoms with Gasteiger partial charge >= 0.3 is 0 Å². The highest BCUT2D eigenvalue weighted by atomic mass is 16.5. The molecule has 0 spiro atoms. The third-order valence-electron chi connectivity index (χ3n) is 3.98. The SMILES string of the molecule is C[C@H](NCc1cccc2c1OC(C)(C)C2)c1ccncc1. The van der Waals surface area contributed by atoms with Crippen molar-refractivity contribution in [2.45, 2.75) is 45.4 Å². The van der Waals surface area contributed by atoms with E-state index in [1.54, 1.807) is 0 Å². The number of rotatable bonds is 4. The summed E-state index contributed by atoms with van der Waals surface area (Å²) < 4.78 is 6.11. The lowest BCUT2D eigenvalue weighted by Crippen LogP contribution is -2.25. The number of nitrogens with one attached hydrogen (secondary N) is 1. The fourth-order valence-corrected chi connectivity index (χ4v) is 2.85. The Morgan fingerprint density at radius 2 is 2.00 bits per heavy atom. The van der Waals surface area contributed by atoms with Crippen molar-refractivity contribution >= 4 is 0 Å². The van der Waals surface area contributed by atoms with Gasteiger partial charge in [-0.15, -0.1) is 0 Å². The molecule has 2 aromatic rings. The van der Waals surface area contributed by atoms with Gasteiger partial charge in [0.1, 0.15) is 11.4 Å². The van der Waals surface area contributed by atoms with E-state index in [1.807, 2.05) is 24.5 Å². The predicted octanol–water partition coefficient (Wildman–Crippen LogP) is 3.65. The molecule has 1 aliphatic heterocycles. The maximum Gasteiger partial charge on any atom is 0.127 e. The summed E-state index contributed by atoms with van der Waals surface area (Å²) in [4.78, 5) is 4.06. The van der Waals surface area contributed by atoms with Crippen molar-refractivity contribution in [2.75, 3.05) is 0 Å². The third-order valence-corrected chi connectivity index (χ3v) is 3.98. The minimum Gasteiger partial charge on any atom is -0.487 e. The van der Waals surface area contributed by atoms with E-state index in [1.165, 1.54) is 16.7 Å². The smallest absolute Gasteiger partial charge is 0.127 e. The second-order valence-corrected chi connectivity index (χ2v) is 6.33. The van der Waals surface area contributed by atoms with Crippen molar-refractivity contribution in [3.8, 4) is 5.75 Å². The number of nitrogens with zero attached hydrogens (tertiary/aromatic N) is 1. The molecular weight excluding hydrogens is 260 g/mol. The Bertz CT molecular complexity index is 622. The Hall–Kier alpha value is -1.87. The van der Waals surface area contributed by atoms with E-state index >= 15 is 0 Å². The number of ether oxygens (including phenoxy) is 1. The van der Waals surface area contributed by atoms with Crippen LogP contribution in [-0.4, -0.2) is 10.6 Å². The number of aromatic nitrogens is 1. The van der Waals surface area contributed by atoms with Crippen LogP contribution in [-0.2, 0) is 13.0 Å². The topological polar surface area (TPSA) is 34.1 Å². The van der Waals surface area contributed by atoms with Crippen LogP contribution in [0.3, 0.4) is 0 Å². The maximum atomic E-state index is 6.11. The van der Waals surface area contributed by atoms with Crippen molar-refractivity contribution < 1.29 is 4.74 Å². The standard InChI is InChI=1S/C18H22N2O/c1-13(14-7-9-19-10-8-14)20-12-16-6-4-5-15-11-18(2,3)21-17(15)16/h4-10,13,20H,11-12H2,1-3H3/t13-/m0/s1. The van der Waals surface area contributed by atoms with E-state index in [9.17, 15) is 0 Å². The molecule has 110 valence electrons. The van der Waals surface area contributed by atoms with Crippen LogP contribution in [0.15, 0.2) is 42.7 Å². The van der Waals surface area contributed by atoms with Crippen LogP contribution in [0.1, 0.15) is 43.5 Å². The first-order valence-electron chi connectivity index (χ1n) is 7.48. The molecule has 0 amide bonds. The second-order valence-electron chi connectivity index (χ2n) is 6.33. The van der Waals surface area contributed by atoms with Crippen molar-refractivity contribution in [2.24, 2.45) is 0 Å². The van der Waals surface area contributed by atoms with Gasteiger partial charge in [0.25, 0.3) is 0 Å². The number of benzene rings is 1. The average molecular weight is 282 g/mol. The molecule has 1 aliphatic rings. The number of fused-ring (bicyclic) bond motifs is 1. The molecule has 21 heavy (non-hydrogen) atoms. The molecule has 1 aromatic heterocycles. The van der Waals surface area contributed by atoms with E-state index in [0.717, 1.165) is 18.7 Å². The summed E-state index contributed by atoms with van der Waals surface area (Å²) in [6.45, 7) is 7.26. The third kappa shape index (κ3) is 3.08. The molecule has 0 unspecified atom stereocenters. The molecule has 1 atom stereocenters. The molecule has 0 aliphatic carbocycles. The van der Waals surface area contributed by atoms with Crippen LogP contribution in [0.5, 0.6) is 5.75 Å². The fourth-order valence-electron chi connectivity index (χ4n) is 2.85. The second kappa shape index (κ2) is 5.49. The monoisotopic (exact) mass is 282 g/mol. The van der Waals surface area contributed by atoms with Gasteiger partial charge in [-0.1, -0.05) is 18.2 Å². The van der Waals surface area contributed by atoms with E-state index in [0.29, 0.717) is 6.04 Å². The van der Waals surface area contributed by atoms with Crippen molar-refractivity contribution in [1.82, 2.24) is 10.3 Å². The molecule has 3 rings (SSSR count). The highest BCUT2D eigenvalue weighted by molar-refractivity contribution is 5.45. The Labute approximate surface area is 126 Å². The predicted molar refractivity (Wildman–Crippen MR) is 84.3 cm³/mol. The van der Waals surface area contributed by atoms with E-state index in [2.05, 4.69) is 49.3 Å². The first kappa shape index (κ1) is 14.1. The molecule has 0 saturated heterocycles. The molecule has 3 heteroatoms. The van der Waals surface area contributed by atoms with Crippen LogP contribution in [0.2, 0.25) is 0 Å². The molecule has 0 saturated carbocycles. The van der Waals surface area contributed by atoms with Gasteiger partial charge in [0, 0.05) is 37.0 Å². The lowest BCUT2D eigenvalue weighted by atomic mass is 10.0. The van der Waals surface area contributed by atoms with Crippen LogP contribution >= 0.6 is 0 Å². The quantitative estimate of drug-likeness (QED) is 0.929. The summed E-state index contributed by atoms with van der Waals surface area (Å²) in [5.41, 5.74) is 3.71. The lowest BCUT2D eigenvalue weighted by molar-refractivity contribution is 0.137. The Morgan fingerprint density at radius 1 is 1.24 bits per heavy atom. The number of hydrogen-bond acceptors (Lipinski definition) is 3. The summed E-state index contributed by atoms with van der Waals surface area (Å²) in [5, 5.41) is 3.56. The zero-order chi connectivity index (χ0) is 14.9. The van der Waals surface area contributed by atoms with Gasteiger partial charge in [0.2, 0.25) is 0 Å². The van der Waals surface area contributed by atoms with Gasteiger partial charge in [-0.2, -0.15) is 0 Å². The van der Waals surface area contributed by atoms with Gasteiger partial charge in [-0.25, -0.2) is 0 Å². The van der Waals surface area contributed by atoms with E-state index in [4.69, 9.17) is 4.74 Å². The average Bonchev–Trinajstić information content (AvgIpc) is 2.80. The minimum atomic E-state index is -0.0881. The highest BCUT2D eigenvalue weighted by Crippen LogP contribution is 2.37. The lowest BCUT2D eigenvalue weighted by Gasteiger charge is -2.19. The largest absolute Gasteiger partial charge is 0.487 e. The van der Waals surface area contributed by atoms with Crippen molar-refractivity contribution in [3.05, 3.63) is 59.4 Å². The molecule has 3 nitrogen and oxygen atoms in total. The van der Waals surface area contributed by atoms with Crippen LogP contribution < -0.4 is 10.1 Å². The Balaban J connectivity index is 1.72. The molecule has 0 bridgehead atoms. The van der Waals surface area contributed by atoms with Crippen LogP contribution in [0.4, 0.5) is 0 Å². The first-order chi connectivity index (χ1) is 10.1. The summed E-state index contributed by atoms with van der Waals surface area (Å²) in [6.07, 6.45) is 4.65. The maximum absolute atomic E-state index is 6.11. The van der Waals surface area contributed by atoms with Crippen LogP contribution in [0.25, 0.3) is 0 Å². The first-order valence-corrected chi connectivity index (χ1v) is 7.48. The summed E-state index contributed by atoms with van der Waals surface area (Å²) in [7, 11) is 0. The molecule has 1 N–H and O–H groups in total. The van der Waals surface area contributed by atoms with Gasteiger partial charge in [-0.05, 0) is 44.0 Å². The number of hydrogen-bond donors (Lipinski definition) is 1. The van der Waals surface area contributed by atoms with Crippen molar-refractivity contribution in [1.29, 1.82) is 0 Å². The summed E-state index contributed by atoms with van der Waals surface area (Å²) in [5.74, 6) is 1.07. The van der Waals surface area contributed by atoms with Gasteiger partial charge < -0.3 is 10.1 Å². The van der Waals surface area contributed by atoms with Crippen LogP contribution in [0, 0.1) is 0 Å². The fraction of sp³-hybridized carbons (Fsp3) is 0.389. The molecule has 2 heterocycles. The summed E-state index contributed by atoms with van der Waals surface area (Å²) in [6, 6.07) is 10.8. The Kier molecular flexibility index (Phi) is 3.68. The van der Waals surface area contributed by atoms with E-state index in [-0.39, 0.29) is 5.60 Å². The molecule has 0 radical (unpaired) electrons. The highest BCUT2D eigenvalue weighted by Gasteiger charge is 2.31. The molecule has 0 fully saturated rings. The van der Waals surface area contributed by atoms with Gasteiger partial charge in [-0.3, -0.25) is 4.98 Å². The number of para-hydroxylation sites is 1. The molecular formula is C18H22N2O. The van der Waals surface area contributed by atoms with Gasteiger partial charge in [0.15, 0.2) is 0 Å².